The van der Waals surface area contributed by atoms with E-state index in [9.17, 15) is 19.5 Å². The Morgan fingerprint density at radius 2 is 1.61 bits per heavy atom. The molecule has 0 saturated carbocycles. The quantitative estimate of drug-likeness (QED) is 0.340. The van der Waals surface area contributed by atoms with Crippen LogP contribution in [0.15, 0.2) is 83.0 Å². The molecule has 0 radical (unpaired) electrons. The first-order valence-corrected chi connectivity index (χ1v) is 10.5. The summed E-state index contributed by atoms with van der Waals surface area (Å²) in [6, 6.07) is 19.9. The number of nitrogens with one attached hydrogen (secondary N) is 2. The van der Waals surface area contributed by atoms with Crippen LogP contribution in [0.1, 0.15) is 15.9 Å². The van der Waals surface area contributed by atoms with Crippen LogP contribution in [0.4, 0.5) is 0 Å². The number of benzene rings is 3. The molecule has 0 aliphatic rings. The number of phenols is 1. The summed E-state index contributed by atoms with van der Waals surface area (Å²) in [5.74, 6) is -1.83. The average molecular weight is 511 g/mol. The van der Waals surface area contributed by atoms with E-state index in [2.05, 4.69) is 26.6 Å². The van der Waals surface area contributed by atoms with Gasteiger partial charge in [0, 0.05) is 0 Å². The molecule has 3 rings (SSSR count). The molecule has 0 bridgehead atoms. The molecule has 0 aliphatic carbocycles. The molecule has 33 heavy (non-hydrogen) atoms. The van der Waals surface area contributed by atoms with Crippen LogP contribution >= 0.6 is 15.9 Å². The van der Waals surface area contributed by atoms with Crippen LogP contribution < -0.4 is 15.4 Å². The van der Waals surface area contributed by atoms with Gasteiger partial charge in [0.05, 0.1) is 10.0 Å². The van der Waals surface area contributed by atoms with Gasteiger partial charge in [-0.1, -0.05) is 36.4 Å². The largest absolute Gasteiger partial charge is 0.507 e. The molecule has 4 N–H and O–H groups in total. The third-order valence-electron chi connectivity index (χ3n) is 4.30. The van der Waals surface area contributed by atoms with Crippen LogP contribution in [0, 0.1) is 0 Å². The van der Waals surface area contributed by atoms with E-state index in [1.54, 1.807) is 42.5 Å². The van der Waals surface area contributed by atoms with Crippen LogP contribution in [-0.4, -0.2) is 34.5 Å². The van der Waals surface area contributed by atoms with Crippen molar-refractivity contribution in [3.63, 3.8) is 0 Å². The van der Waals surface area contributed by atoms with E-state index in [0.717, 1.165) is 4.47 Å². The highest BCUT2D eigenvalue weighted by Crippen LogP contribution is 2.29. The van der Waals surface area contributed by atoms with E-state index in [1.807, 2.05) is 18.2 Å². The van der Waals surface area contributed by atoms with Crippen molar-refractivity contribution in [1.29, 1.82) is 0 Å². The van der Waals surface area contributed by atoms with Crippen molar-refractivity contribution in [2.24, 2.45) is 0 Å². The lowest BCUT2D eigenvalue weighted by molar-refractivity contribution is -0.137. The van der Waals surface area contributed by atoms with E-state index in [0.29, 0.717) is 17.1 Å². The number of halogens is 1. The van der Waals surface area contributed by atoms with Crippen LogP contribution in [0.25, 0.3) is 6.08 Å². The Morgan fingerprint density at radius 1 is 0.939 bits per heavy atom. The first-order valence-electron chi connectivity index (χ1n) is 9.67. The number of carbonyl (C=O) groups excluding carboxylic acids is 2. The standard InChI is InChI=1S/C24H19BrN2O6/c25-18-6-2-4-8-21(18)33-16-11-9-15(10-12-16)13-19(24(32)26-14-22(29)30)27-23(31)17-5-1-3-7-20(17)28/h1-13,28H,14H2,(H,26,32)(H,27,31)(H,29,30). The smallest absolute Gasteiger partial charge is 0.322 e. The van der Waals surface area contributed by atoms with Crippen LogP contribution in [0.2, 0.25) is 0 Å². The third-order valence-corrected chi connectivity index (χ3v) is 4.95. The van der Waals surface area contributed by atoms with Gasteiger partial charge in [0.2, 0.25) is 0 Å². The second-order valence-corrected chi connectivity index (χ2v) is 7.56. The van der Waals surface area contributed by atoms with Gasteiger partial charge in [-0.15, -0.1) is 0 Å². The molecule has 2 amide bonds. The van der Waals surface area contributed by atoms with Crippen LogP contribution in [0.3, 0.4) is 0 Å². The maximum Gasteiger partial charge on any atom is 0.322 e. The topological polar surface area (TPSA) is 125 Å². The zero-order valence-electron chi connectivity index (χ0n) is 17.1. The summed E-state index contributed by atoms with van der Waals surface area (Å²) >= 11 is 3.41. The molecule has 168 valence electrons. The lowest BCUT2D eigenvalue weighted by Crippen LogP contribution is -2.37. The predicted molar refractivity (Wildman–Crippen MR) is 125 cm³/mol. The Morgan fingerprint density at radius 3 is 2.27 bits per heavy atom. The first-order chi connectivity index (χ1) is 15.8. The fourth-order valence-corrected chi connectivity index (χ4v) is 3.08. The molecular weight excluding hydrogens is 492 g/mol. The Kier molecular flexibility index (Phi) is 7.82. The van der Waals surface area contributed by atoms with Crippen LogP contribution in [0.5, 0.6) is 17.2 Å². The van der Waals surface area contributed by atoms with Gasteiger partial charge in [-0.25, -0.2) is 0 Å². The van der Waals surface area contributed by atoms with E-state index < -0.39 is 24.3 Å². The summed E-state index contributed by atoms with van der Waals surface area (Å²) in [5.41, 5.74) is 0.322. The van der Waals surface area contributed by atoms with E-state index in [1.165, 1.54) is 18.2 Å². The number of rotatable bonds is 8. The zero-order valence-corrected chi connectivity index (χ0v) is 18.7. The van der Waals surface area contributed by atoms with E-state index >= 15 is 0 Å². The number of aliphatic carboxylic acids is 1. The Bertz CT molecular complexity index is 1210. The number of carbonyl (C=O) groups is 3. The number of para-hydroxylation sites is 2. The zero-order chi connectivity index (χ0) is 23.8. The molecule has 0 spiro atoms. The number of carboxylic acids is 1. The highest BCUT2D eigenvalue weighted by Gasteiger charge is 2.17. The van der Waals surface area contributed by atoms with Gasteiger partial charge < -0.3 is 25.6 Å². The monoisotopic (exact) mass is 510 g/mol. The number of carboxylic acid groups (broad SMARTS) is 1. The molecule has 0 aromatic heterocycles. The van der Waals surface area contributed by atoms with Crippen molar-refractivity contribution in [3.05, 3.63) is 94.1 Å². The highest BCUT2D eigenvalue weighted by molar-refractivity contribution is 9.10. The average Bonchev–Trinajstić information content (AvgIpc) is 2.80. The summed E-state index contributed by atoms with van der Waals surface area (Å²) < 4.78 is 6.60. The van der Waals surface area contributed by atoms with Gasteiger partial charge in [0.25, 0.3) is 11.8 Å². The minimum absolute atomic E-state index is 0.0355. The van der Waals surface area contributed by atoms with Gasteiger partial charge in [0.1, 0.15) is 29.5 Å². The first kappa shape index (κ1) is 23.6. The number of hydrogen-bond donors (Lipinski definition) is 4. The predicted octanol–water partition coefficient (Wildman–Crippen LogP) is 3.92. The molecule has 9 heteroatoms. The molecule has 0 heterocycles. The van der Waals surface area contributed by atoms with Crippen molar-refractivity contribution >= 4 is 39.8 Å². The number of amides is 2. The summed E-state index contributed by atoms with van der Waals surface area (Å²) in [6.07, 6.45) is 1.39. The van der Waals surface area contributed by atoms with E-state index in [4.69, 9.17) is 9.84 Å². The number of phenolic OH excluding ortho intramolecular Hbond substituents is 1. The molecule has 0 fully saturated rings. The second-order valence-electron chi connectivity index (χ2n) is 6.71. The van der Waals surface area contributed by atoms with Gasteiger partial charge in [-0.3, -0.25) is 14.4 Å². The summed E-state index contributed by atoms with van der Waals surface area (Å²) in [7, 11) is 0. The molecular formula is C24H19BrN2O6. The molecule has 0 atom stereocenters. The van der Waals surface area contributed by atoms with Crippen molar-refractivity contribution in [1.82, 2.24) is 10.6 Å². The SMILES string of the molecule is O=C(O)CNC(=O)C(=Cc1ccc(Oc2ccccc2Br)cc1)NC(=O)c1ccccc1O. The van der Waals surface area contributed by atoms with Crippen molar-refractivity contribution in [3.8, 4) is 17.2 Å². The molecule has 8 nitrogen and oxygen atoms in total. The fourth-order valence-electron chi connectivity index (χ4n) is 2.72. The van der Waals surface area contributed by atoms with Crippen molar-refractivity contribution < 1.29 is 29.3 Å². The Balaban J connectivity index is 1.83. The maximum atomic E-state index is 12.6. The van der Waals surface area contributed by atoms with Crippen molar-refractivity contribution in [2.45, 2.75) is 0 Å². The van der Waals surface area contributed by atoms with Gasteiger partial charge in [-0.05, 0) is 64.0 Å². The third kappa shape index (κ3) is 6.68. The Hall–Kier alpha value is -4.11. The lowest BCUT2D eigenvalue weighted by atomic mass is 10.1. The minimum atomic E-state index is -1.23. The van der Waals surface area contributed by atoms with Gasteiger partial charge >= 0.3 is 5.97 Å². The molecule has 0 unspecified atom stereocenters. The number of ether oxygens (including phenoxy) is 1. The minimum Gasteiger partial charge on any atom is -0.507 e. The normalized spacial score (nSPS) is 10.9. The summed E-state index contributed by atoms with van der Waals surface area (Å²) in [6.45, 7) is -0.624. The maximum absolute atomic E-state index is 12.6. The second kappa shape index (κ2) is 11.0. The fraction of sp³-hybridized carbons (Fsp3) is 0.0417. The van der Waals surface area contributed by atoms with Crippen molar-refractivity contribution in [2.75, 3.05) is 6.54 Å². The number of aromatic hydroxyl groups is 1. The lowest BCUT2D eigenvalue weighted by Gasteiger charge is -2.11. The summed E-state index contributed by atoms with van der Waals surface area (Å²) in [4.78, 5) is 35.9. The Labute approximate surface area is 197 Å². The molecule has 3 aromatic carbocycles. The molecule has 3 aromatic rings. The molecule has 0 aliphatic heterocycles. The van der Waals surface area contributed by atoms with Gasteiger partial charge in [-0.2, -0.15) is 0 Å². The van der Waals surface area contributed by atoms with Gasteiger partial charge in [0.15, 0.2) is 0 Å². The number of hydrogen-bond acceptors (Lipinski definition) is 5. The van der Waals surface area contributed by atoms with Crippen LogP contribution in [-0.2, 0) is 9.59 Å². The van der Waals surface area contributed by atoms with E-state index in [-0.39, 0.29) is 17.0 Å². The molecule has 0 saturated heterocycles. The highest BCUT2D eigenvalue weighted by atomic mass is 79.9. The summed E-state index contributed by atoms with van der Waals surface area (Å²) in [5, 5.41) is 23.4.